The summed E-state index contributed by atoms with van der Waals surface area (Å²) in [6.45, 7) is 4.80. The number of rotatable bonds is 5. The van der Waals surface area contributed by atoms with Crippen molar-refractivity contribution in [2.24, 2.45) is 11.7 Å². The topological polar surface area (TPSA) is 89.7 Å². The van der Waals surface area contributed by atoms with Crippen LogP contribution in [0.1, 0.15) is 20.3 Å². The second-order valence-electron chi connectivity index (χ2n) is 5.58. The van der Waals surface area contributed by atoms with E-state index in [0.29, 0.717) is 37.6 Å². The fourth-order valence-corrected chi connectivity index (χ4v) is 3.67. The van der Waals surface area contributed by atoms with E-state index in [-0.39, 0.29) is 22.5 Å². The maximum atomic E-state index is 12.3. The minimum absolute atomic E-state index is 0.00126. The lowest BCUT2D eigenvalue weighted by Crippen LogP contribution is -2.40. The van der Waals surface area contributed by atoms with Crippen LogP contribution in [0.25, 0.3) is 0 Å². The molecule has 0 aliphatic carbocycles. The Hall–Kier alpha value is -1.60. The number of nitrogens with zero attached hydrogens (tertiary/aromatic N) is 1. The molecule has 0 spiro atoms. The predicted molar refractivity (Wildman–Crippen MR) is 84.9 cm³/mol. The fraction of sp³-hybridized carbons (Fsp3) is 0.533. The van der Waals surface area contributed by atoms with Gasteiger partial charge in [-0.15, -0.1) is 0 Å². The molecule has 0 aromatic heterocycles. The van der Waals surface area contributed by atoms with Gasteiger partial charge in [0.2, 0.25) is 5.91 Å². The summed E-state index contributed by atoms with van der Waals surface area (Å²) in [5, 5.41) is 0. The van der Waals surface area contributed by atoms with Crippen molar-refractivity contribution in [3.05, 3.63) is 18.2 Å². The zero-order chi connectivity index (χ0) is 16.3. The van der Waals surface area contributed by atoms with E-state index in [9.17, 15) is 13.2 Å². The minimum atomic E-state index is -3.40. The smallest absolute Gasteiger partial charge is 0.229 e. The highest BCUT2D eigenvalue weighted by molar-refractivity contribution is 7.91. The van der Waals surface area contributed by atoms with Gasteiger partial charge in [0.05, 0.1) is 22.9 Å². The molecule has 0 saturated heterocycles. The summed E-state index contributed by atoms with van der Waals surface area (Å²) in [5.41, 5.74) is 5.91. The molecule has 2 rings (SSSR count). The Bertz CT molecular complexity index is 656. The van der Waals surface area contributed by atoms with Crippen LogP contribution in [0.15, 0.2) is 23.1 Å². The third kappa shape index (κ3) is 3.41. The lowest BCUT2D eigenvalue weighted by atomic mass is 10.1. The molecule has 7 heteroatoms. The summed E-state index contributed by atoms with van der Waals surface area (Å²) in [7, 11) is -3.40. The Morgan fingerprint density at radius 1 is 1.41 bits per heavy atom. The summed E-state index contributed by atoms with van der Waals surface area (Å²) in [6.07, 6.45) is 0.407. The van der Waals surface area contributed by atoms with E-state index in [1.54, 1.807) is 11.0 Å². The van der Waals surface area contributed by atoms with E-state index < -0.39 is 9.84 Å². The van der Waals surface area contributed by atoms with Gasteiger partial charge in [0.1, 0.15) is 12.4 Å². The number of hydrogen-bond acceptors (Lipinski definition) is 5. The van der Waals surface area contributed by atoms with Gasteiger partial charge in [-0.3, -0.25) is 4.79 Å². The number of hydrogen-bond donors (Lipinski definition) is 1. The van der Waals surface area contributed by atoms with Crippen LogP contribution >= 0.6 is 0 Å². The number of carbonyl (C=O) groups excluding carboxylic acids is 1. The average Bonchev–Trinajstić information content (AvgIpc) is 2.51. The standard InChI is InChI=1S/C15H22N2O4S/c1-11(2)15(18)17-7-8-21-14-5-4-12(10-13(14)17)22(19,20)9-3-6-16/h4-5,10-11H,3,6-9,16H2,1-2H3. The number of nitrogens with two attached hydrogens (primary N) is 1. The predicted octanol–water partition coefficient (Wildman–Crippen LogP) is 1.19. The quantitative estimate of drug-likeness (QED) is 0.878. The fourth-order valence-electron chi connectivity index (χ4n) is 2.32. The van der Waals surface area contributed by atoms with E-state index in [4.69, 9.17) is 10.5 Å². The molecule has 6 nitrogen and oxygen atoms in total. The third-order valence-electron chi connectivity index (χ3n) is 3.53. The molecule has 1 heterocycles. The van der Waals surface area contributed by atoms with Crippen LogP contribution in [-0.2, 0) is 14.6 Å². The molecule has 1 aromatic carbocycles. The highest BCUT2D eigenvalue weighted by Crippen LogP contribution is 2.34. The summed E-state index contributed by atoms with van der Waals surface area (Å²) in [5.74, 6) is 0.337. The van der Waals surface area contributed by atoms with Crippen molar-refractivity contribution < 1.29 is 17.9 Å². The number of carbonyl (C=O) groups is 1. The van der Waals surface area contributed by atoms with Crippen LogP contribution in [0.3, 0.4) is 0 Å². The molecule has 1 amide bonds. The van der Waals surface area contributed by atoms with Crippen molar-refractivity contribution in [3.8, 4) is 5.75 Å². The van der Waals surface area contributed by atoms with Crippen molar-refractivity contribution in [3.63, 3.8) is 0 Å². The van der Waals surface area contributed by atoms with Crippen molar-refractivity contribution in [1.82, 2.24) is 0 Å². The molecule has 122 valence electrons. The number of amides is 1. The first-order valence-corrected chi connectivity index (χ1v) is 9.03. The van der Waals surface area contributed by atoms with E-state index in [1.165, 1.54) is 12.1 Å². The van der Waals surface area contributed by atoms with Crippen LogP contribution < -0.4 is 15.4 Å². The third-order valence-corrected chi connectivity index (χ3v) is 5.33. The average molecular weight is 326 g/mol. The van der Waals surface area contributed by atoms with Gasteiger partial charge in [-0.25, -0.2) is 8.42 Å². The van der Waals surface area contributed by atoms with Gasteiger partial charge in [0.25, 0.3) is 0 Å². The van der Waals surface area contributed by atoms with Crippen molar-refractivity contribution >= 4 is 21.4 Å². The van der Waals surface area contributed by atoms with Gasteiger partial charge >= 0.3 is 0 Å². The highest BCUT2D eigenvalue weighted by Gasteiger charge is 2.27. The van der Waals surface area contributed by atoms with E-state index in [0.717, 1.165) is 0 Å². The number of benzene rings is 1. The maximum absolute atomic E-state index is 12.3. The molecule has 1 aromatic rings. The second-order valence-corrected chi connectivity index (χ2v) is 7.69. The van der Waals surface area contributed by atoms with Crippen LogP contribution in [0.5, 0.6) is 5.75 Å². The van der Waals surface area contributed by atoms with Crippen LogP contribution in [0.2, 0.25) is 0 Å². The van der Waals surface area contributed by atoms with Gasteiger partial charge in [-0.1, -0.05) is 13.8 Å². The van der Waals surface area contributed by atoms with Crippen LogP contribution in [0.4, 0.5) is 5.69 Å². The van der Waals surface area contributed by atoms with E-state index >= 15 is 0 Å². The van der Waals surface area contributed by atoms with Crippen molar-refractivity contribution in [2.45, 2.75) is 25.2 Å². The number of fused-ring (bicyclic) bond motifs is 1. The first-order chi connectivity index (χ1) is 10.4. The minimum Gasteiger partial charge on any atom is -0.490 e. The molecule has 0 atom stereocenters. The molecule has 0 fully saturated rings. The van der Waals surface area contributed by atoms with E-state index in [2.05, 4.69) is 0 Å². The maximum Gasteiger partial charge on any atom is 0.229 e. The Morgan fingerprint density at radius 3 is 2.77 bits per heavy atom. The largest absolute Gasteiger partial charge is 0.490 e. The zero-order valence-corrected chi connectivity index (χ0v) is 13.7. The molecule has 0 saturated carbocycles. The Kier molecular flexibility index (Phi) is 5.08. The molecule has 22 heavy (non-hydrogen) atoms. The van der Waals surface area contributed by atoms with Crippen molar-refractivity contribution in [1.29, 1.82) is 0 Å². The number of anilines is 1. The Balaban J connectivity index is 2.40. The molecule has 1 aliphatic heterocycles. The SMILES string of the molecule is CC(C)C(=O)N1CCOc2ccc(S(=O)(=O)CCCN)cc21. The molecule has 0 radical (unpaired) electrons. The zero-order valence-electron chi connectivity index (χ0n) is 12.9. The molecular weight excluding hydrogens is 304 g/mol. The number of ether oxygens (including phenoxy) is 1. The molecule has 1 aliphatic rings. The van der Waals surface area contributed by atoms with Gasteiger partial charge in [-0.2, -0.15) is 0 Å². The van der Waals surface area contributed by atoms with E-state index in [1.807, 2.05) is 13.8 Å². The molecule has 0 bridgehead atoms. The van der Waals surface area contributed by atoms with Gasteiger partial charge in [0, 0.05) is 5.92 Å². The first kappa shape index (κ1) is 16.8. The molecule has 0 unspecified atom stereocenters. The Morgan fingerprint density at radius 2 is 2.14 bits per heavy atom. The lowest BCUT2D eigenvalue weighted by Gasteiger charge is -2.31. The lowest BCUT2D eigenvalue weighted by molar-refractivity contribution is -0.121. The normalized spacial score (nSPS) is 14.6. The number of sulfone groups is 1. The van der Waals surface area contributed by atoms with Crippen LogP contribution in [0, 0.1) is 5.92 Å². The molecular formula is C15H22N2O4S. The molecule has 2 N–H and O–H groups in total. The highest BCUT2D eigenvalue weighted by atomic mass is 32.2. The first-order valence-electron chi connectivity index (χ1n) is 7.38. The van der Waals surface area contributed by atoms with Gasteiger partial charge in [-0.05, 0) is 31.2 Å². The Labute approximate surface area is 131 Å². The van der Waals surface area contributed by atoms with Crippen molar-refractivity contribution in [2.75, 3.05) is 30.3 Å². The summed E-state index contributed by atoms with van der Waals surface area (Å²) in [6, 6.07) is 4.67. The summed E-state index contributed by atoms with van der Waals surface area (Å²) < 4.78 is 30.1. The summed E-state index contributed by atoms with van der Waals surface area (Å²) in [4.78, 5) is 14.1. The van der Waals surface area contributed by atoms with Gasteiger partial charge in [0.15, 0.2) is 9.84 Å². The van der Waals surface area contributed by atoms with Gasteiger partial charge < -0.3 is 15.4 Å². The summed E-state index contributed by atoms with van der Waals surface area (Å²) >= 11 is 0. The second kappa shape index (κ2) is 6.66. The monoisotopic (exact) mass is 326 g/mol. The van der Waals surface area contributed by atoms with Crippen LogP contribution in [-0.4, -0.2) is 39.8 Å².